The molecule has 0 atom stereocenters. The van der Waals surface area contributed by atoms with E-state index in [4.69, 9.17) is 0 Å². The molecule has 0 unspecified atom stereocenters. The van der Waals surface area contributed by atoms with Crippen LogP contribution in [-0.2, 0) is 6.54 Å². The van der Waals surface area contributed by atoms with Crippen LogP contribution in [0.2, 0.25) is 0 Å². The second kappa shape index (κ2) is 7.82. The minimum atomic E-state index is -2.72. The van der Waals surface area contributed by atoms with Crippen LogP contribution in [-0.4, -0.2) is 56.5 Å². The topological polar surface area (TPSA) is 53.7 Å². The number of carbonyl (C=O) groups is 1. The predicted octanol–water partition coefficient (Wildman–Crippen LogP) is 3.07. The smallest absolute Gasteiger partial charge is 0.280 e. The van der Waals surface area contributed by atoms with Gasteiger partial charge in [-0.05, 0) is 19.1 Å². The number of amides is 1. The first-order chi connectivity index (χ1) is 13.9. The third kappa shape index (κ3) is 3.82. The molecule has 1 saturated heterocycles. The van der Waals surface area contributed by atoms with Crippen LogP contribution in [0.25, 0.3) is 5.65 Å². The van der Waals surface area contributed by atoms with E-state index in [9.17, 15) is 18.0 Å². The monoisotopic (exact) mass is 403 g/mol. The Hall–Kier alpha value is -2.94. The zero-order chi connectivity index (χ0) is 20.5. The van der Waals surface area contributed by atoms with Crippen LogP contribution >= 0.6 is 0 Å². The average Bonchev–Trinajstić information content (AvgIpc) is 3.12. The lowest BCUT2D eigenvalue weighted by molar-refractivity contribution is 0.0628. The van der Waals surface area contributed by atoms with Gasteiger partial charge in [0.15, 0.2) is 5.65 Å². The van der Waals surface area contributed by atoms with Crippen LogP contribution in [0.1, 0.15) is 33.7 Å². The maximum absolute atomic E-state index is 13.8. The van der Waals surface area contributed by atoms with Gasteiger partial charge >= 0.3 is 0 Å². The number of halogens is 3. The highest BCUT2D eigenvalue weighted by molar-refractivity contribution is 5.99. The summed E-state index contributed by atoms with van der Waals surface area (Å²) in [5.74, 6) is -0.530. The van der Waals surface area contributed by atoms with Crippen LogP contribution in [0, 0.1) is 12.7 Å². The van der Waals surface area contributed by atoms with E-state index >= 15 is 0 Å². The van der Waals surface area contributed by atoms with E-state index in [2.05, 4.69) is 15.0 Å². The minimum Gasteiger partial charge on any atom is -0.336 e. The summed E-state index contributed by atoms with van der Waals surface area (Å²) in [4.78, 5) is 20.9. The maximum Gasteiger partial charge on any atom is 0.280 e. The number of nitrogens with zero attached hydrogens (tertiary/aromatic N) is 5. The second-order valence-electron chi connectivity index (χ2n) is 7.08. The number of aromatic nitrogens is 3. The van der Waals surface area contributed by atoms with Crippen LogP contribution < -0.4 is 0 Å². The molecule has 29 heavy (non-hydrogen) atoms. The van der Waals surface area contributed by atoms with Gasteiger partial charge in [0.2, 0.25) is 0 Å². The van der Waals surface area contributed by atoms with Crippen molar-refractivity contribution in [3.8, 4) is 0 Å². The molecule has 1 aromatic carbocycles. The normalized spacial score (nSPS) is 15.4. The Morgan fingerprint density at radius 2 is 1.90 bits per heavy atom. The van der Waals surface area contributed by atoms with Gasteiger partial charge in [-0.25, -0.2) is 22.7 Å². The van der Waals surface area contributed by atoms with Crippen molar-refractivity contribution in [2.45, 2.75) is 19.9 Å². The molecule has 1 fully saturated rings. The van der Waals surface area contributed by atoms with E-state index in [1.165, 1.54) is 18.3 Å². The van der Waals surface area contributed by atoms with Crippen molar-refractivity contribution >= 4 is 11.6 Å². The third-order valence-electron chi connectivity index (χ3n) is 5.09. The molecule has 1 amide bonds. The lowest BCUT2D eigenvalue weighted by Gasteiger charge is -2.34. The van der Waals surface area contributed by atoms with Crippen LogP contribution in [0.4, 0.5) is 13.2 Å². The first-order valence-corrected chi connectivity index (χ1v) is 9.32. The van der Waals surface area contributed by atoms with Crippen LogP contribution in [0.5, 0.6) is 0 Å². The Labute approximate surface area is 165 Å². The molecule has 0 bridgehead atoms. The van der Waals surface area contributed by atoms with Gasteiger partial charge in [-0.2, -0.15) is 5.10 Å². The van der Waals surface area contributed by atoms with Crippen molar-refractivity contribution in [2.75, 3.05) is 26.2 Å². The number of fused-ring (bicyclic) bond motifs is 1. The number of piperazine rings is 1. The summed E-state index contributed by atoms with van der Waals surface area (Å²) in [6, 6.07) is 7.90. The van der Waals surface area contributed by atoms with Gasteiger partial charge in [-0.3, -0.25) is 9.69 Å². The molecule has 1 aliphatic rings. The van der Waals surface area contributed by atoms with E-state index in [-0.39, 0.29) is 28.6 Å². The third-order valence-corrected chi connectivity index (χ3v) is 5.09. The minimum absolute atomic E-state index is 0.138. The predicted molar refractivity (Wildman–Crippen MR) is 100 cm³/mol. The molecular weight excluding hydrogens is 383 g/mol. The van der Waals surface area contributed by atoms with E-state index in [1.807, 2.05) is 0 Å². The van der Waals surface area contributed by atoms with Crippen LogP contribution in [0.3, 0.4) is 0 Å². The molecule has 1 aliphatic heterocycles. The Balaban J connectivity index is 1.48. The largest absolute Gasteiger partial charge is 0.336 e. The second-order valence-corrected chi connectivity index (χ2v) is 7.08. The lowest BCUT2D eigenvalue weighted by atomic mass is 10.1. The molecule has 0 radical (unpaired) electrons. The van der Waals surface area contributed by atoms with Gasteiger partial charge in [0.25, 0.3) is 12.3 Å². The molecule has 3 heterocycles. The van der Waals surface area contributed by atoms with Crippen molar-refractivity contribution in [2.24, 2.45) is 0 Å². The van der Waals surface area contributed by atoms with E-state index in [0.29, 0.717) is 44.0 Å². The first kappa shape index (κ1) is 19.4. The Bertz CT molecular complexity index is 1040. The van der Waals surface area contributed by atoms with Gasteiger partial charge in [0.1, 0.15) is 17.1 Å². The van der Waals surface area contributed by atoms with E-state index in [0.717, 1.165) is 4.52 Å². The molecule has 6 nitrogen and oxygen atoms in total. The van der Waals surface area contributed by atoms with E-state index < -0.39 is 6.43 Å². The fraction of sp³-hybridized carbons (Fsp3) is 0.350. The Morgan fingerprint density at radius 3 is 2.59 bits per heavy atom. The molecule has 9 heteroatoms. The quantitative estimate of drug-likeness (QED) is 0.672. The number of hydrogen-bond donors (Lipinski definition) is 0. The van der Waals surface area contributed by atoms with Crippen molar-refractivity contribution in [1.82, 2.24) is 24.4 Å². The average molecular weight is 403 g/mol. The van der Waals surface area contributed by atoms with Gasteiger partial charge in [-0.15, -0.1) is 0 Å². The van der Waals surface area contributed by atoms with E-state index in [1.54, 1.807) is 30.0 Å². The molecule has 3 aromatic rings. The summed E-state index contributed by atoms with van der Waals surface area (Å²) >= 11 is 0. The SMILES string of the molecule is Cc1cc(C(F)F)n2ncc(C(=O)N3CCN(Cc4ccccc4F)CC3)c2n1. The standard InChI is InChI=1S/C20H20F3N5O/c1-13-10-17(18(22)23)28-19(25-13)15(11-24-28)20(29)27-8-6-26(7-9-27)12-14-4-2-3-5-16(14)21/h2-5,10-11,18H,6-9,12H2,1H3. The highest BCUT2D eigenvalue weighted by atomic mass is 19.3. The molecule has 0 spiro atoms. The number of rotatable bonds is 4. The lowest BCUT2D eigenvalue weighted by Crippen LogP contribution is -2.48. The Kier molecular flexibility index (Phi) is 5.23. The fourth-order valence-electron chi connectivity index (χ4n) is 3.57. The summed E-state index contributed by atoms with van der Waals surface area (Å²) < 4.78 is 41.4. The van der Waals surface area contributed by atoms with Gasteiger partial charge < -0.3 is 4.90 Å². The van der Waals surface area contributed by atoms with Gasteiger partial charge in [0.05, 0.1) is 6.20 Å². The van der Waals surface area contributed by atoms with Crippen molar-refractivity contribution in [1.29, 1.82) is 0 Å². The summed E-state index contributed by atoms with van der Waals surface area (Å²) in [7, 11) is 0. The van der Waals surface area contributed by atoms with Gasteiger partial charge in [0, 0.05) is 44.0 Å². The highest BCUT2D eigenvalue weighted by Crippen LogP contribution is 2.23. The summed E-state index contributed by atoms with van der Waals surface area (Å²) in [6.07, 6.45) is -1.43. The molecule has 2 aromatic heterocycles. The number of hydrogen-bond acceptors (Lipinski definition) is 4. The molecule has 4 rings (SSSR count). The van der Waals surface area contributed by atoms with Crippen molar-refractivity contribution in [3.63, 3.8) is 0 Å². The maximum atomic E-state index is 13.8. The zero-order valence-electron chi connectivity index (χ0n) is 15.9. The summed E-state index contributed by atoms with van der Waals surface area (Å²) in [5.41, 5.74) is 1.07. The molecule has 0 saturated carbocycles. The number of benzene rings is 1. The highest BCUT2D eigenvalue weighted by Gasteiger charge is 2.27. The number of carbonyl (C=O) groups excluding carboxylic acids is 1. The molecule has 0 aliphatic carbocycles. The molecule has 152 valence electrons. The fourth-order valence-corrected chi connectivity index (χ4v) is 3.57. The zero-order valence-corrected chi connectivity index (χ0v) is 15.9. The first-order valence-electron chi connectivity index (χ1n) is 9.32. The van der Waals surface area contributed by atoms with Crippen LogP contribution in [0.15, 0.2) is 36.5 Å². The summed E-state index contributed by atoms with van der Waals surface area (Å²) in [5, 5.41) is 3.95. The summed E-state index contributed by atoms with van der Waals surface area (Å²) in [6.45, 7) is 4.18. The van der Waals surface area contributed by atoms with Crippen molar-refractivity contribution in [3.05, 3.63) is 64.9 Å². The number of alkyl halides is 2. The van der Waals surface area contributed by atoms with Gasteiger partial charge in [-0.1, -0.05) is 18.2 Å². The molecule has 0 N–H and O–H groups in total. The van der Waals surface area contributed by atoms with Crippen molar-refractivity contribution < 1.29 is 18.0 Å². The molecular formula is C20H20F3N5O. The number of aryl methyl sites for hydroxylation is 1. The Morgan fingerprint density at radius 1 is 1.17 bits per heavy atom.